The van der Waals surface area contributed by atoms with E-state index >= 15 is 0 Å². The monoisotopic (exact) mass is 650 g/mol. The zero-order valence-corrected chi connectivity index (χ0v) is 31.5. The van der Waals surface area contributed by atoms with Crippen molar-refractivity contribution < 1.29 is 32.7 Å². The molecule has 0 fully saturated rings. The Morgan fingerprint density at radius 2 is 1.39 bits per heavy atom. The lowest BCUT2D eigenvalue weighted by molar-refractivity contribution is -0.123. The van der Waals surface area contributed by atoms with Crippen LogP contribution in [0, 0.1) is 12.3 Å². The predicted molar refractivity (Wildman–Crippen MR) is 182 cm³/mol. The molecule has 0 unspecified atom stereocenters. The Bertz CT molecular complexity index is 1130. The minimum atomic E-state index is -2.24. The molecule has 0 aromatic heterocycles. The number of carbonyl (C=O) groups excluding carboxylic acids is 2. The molecule has 250 valence electrons. The van der Waals surface area contributed by atoms with Gasteiger partial charge in [-0.15, -0.1) is 6.42 Å². The van der Waals surface area contributed by atoms with Gasteiger partial charge in [-0.2, -0.15) is 0 Å². The first kappa shape index (κ1) is 39.5. The number of hydrogen-bond donors (Lipinski definition) is 2. The Kier molecular flexibility index (Phi) is 14.5. The van der Waals surface area contributed by atoms with Crippen LogP contribution in [0.25, 0.3) is 0 Å². The van der Waals surface area contributed by atoms with E-state index in [1.807, 2.05) is 18.2 Å². The number of rotatable bonds is 15. The van der Waals surface area contributed by atoms with Crippen molar-refractivity contribution in [3.63, 3.8) is 0 Å². The third kappa shape index (κ3) is 13.6. The number of nitrogens with one attached hydrogen (secondary N) is 2. The minimum Gasteiger partial charge on any atom is -0.541 e. The van der Waals surface area contributed by atoms with Gasteiger partial charge in [0.1, 0.15) is 29.7 Å². The summed E-state index contributed by atoms with van der Waals surface area (Å²) in [6, 6.07) is 4.91. The molecule has 0 aliphatic carbocycles. The van der Waals surface area contributed by atoms with E-state index in [-0.39, 0.29) is 42.2 Å². The van der Waals surface area contributed by atoms with Gasteiger partial charge in [0.05, 0.1) is 19.8 Å². The third-order valence-corrected chi connectivity index (χ3v) is 16.6. The maximum atomic E-state index is 13.3. The standard InChI is InChI=1S/C33H58N2O7Si2/c1-15-19-38-21-22-39-20-18-34-29(36)26(35-30(37)40-31(2,3)4)23-25-16-17-27(41-43(11,12)32(5,6)7)28(24-25)42-44(13,14)33(8,9)10/h1,16-17,24,26H,18-23H2,2-14H3,(H,34,36)(H,35,37)/t26-/m0/s1. The van der Waals surface area contributed by atoms with Crippen LogP contribution in [0.15, 0.2) is 18.2 Å². The second-order valence-corrected chi connectivity index (χ2v) is 24.5. The lowest BCUT2D eigenvalue weighted by Gasteiger charge is -2.39. The lowest BCUT2D eigenvalue weighted by Crippen LogP contribution is -2.50. The molecule has 0 aliphatic heterocycles. The number of amides is 2. The molecule has 0 radical (unpaired) electrons. The Labute approximate surface area is 268 Å². The third-order valence-electron chi connectivity index (χ3n) is 7.90. The summed E-state index contributed by atoms with van der Waals surface area (Å²) in [4.78, 5) is 26.0. The van der Waals surface area contributed by atoms with Gasteiger partial charge in [-0.1, -0.05) is 53.5 Å². The SMILES string of the molecule is C#CCOCCOCCNC(=O)[C@H](Cc1ccc(O[Si](C)(C)C(C)(C)C)c(O[Si](C)(C)C(C)(C)C)c1)NC(=O)OC(C)(C)C. The number of hydrogen-bond acceptors (Lipinski definition) is 7. The predicted octanol–water partition coefficient (Wildman–Crippen LogP) is 6.67. The molecule has 1 rings (SSSR count). The van der Waals surface area contributed by atoms with Crippen molar-refractivity contribution in [1.82, 2.24) is 10.6 Å². The fraction of sp³-hybridized carbons (Fsp3) is 0.697. The van der Waals surface area contributed by atoms with Crippen molar-refractivity contribution in [2.75, 3.05) is 33.0 Å². The highest BCUT2D eigenvalue weighted by Crippen LogP contribution is 2.43. The number of terminal acetylenes is 1. The quantitative estimate of drug-likeness (QED) is 0.124. The summed E-state index contributed by atoms with van der Waals surface area (Å²) >= 11 is 0. The number of benzene rings is 1. The molecule has 0 saturated heterocycles. The molecule has 1 aromatic carbocycles. The zero-order chi connectivity index (χ0) is 34.0. The van der Waals surface area contributed by atoms with Gasteiger partial charge in [-0.25, -0.2) is 4.79 Å². The molecule has 0 aliphatic rings. The Morgan fingerprint density at radius 3 is 1.91 bits per heavy atom. The van der Waals surface area contributed by atoms with Gasteiger partial charge in [0.2, 0.25) is 5.91 Å². The van der Waals surface area contributed by atoms with Crippen molar-refractivity contribution >= 4 is 28.6 Å². The molecule has 0 saturated carbocycles. The van der Waals surface area contributed by atoms with E-state index in [4.69, 9.17) is 29.5 Å². The van der Waals surface area contributed by atoms with Crippen LogP contribution >= 0.6 is 0 Å². The molecule has 1 aromatic rings. The maximum absolute atomic E-state index is 13.3. The van der Waals surface area contributed by atoms with Crippen LogP contribution in [-0.4, -0.2) is 73.3 Å². The largest absolute Gasteiger partial charge is 0.541 e. The van der Waals surface area contributed by atoms with Crippen LogP contribution in [-0.2, 0) is 25.4 Å². The topological polar surface area (TPSA) is 104 Å². The molecular formula is C33H58N2O7Si2. The first-order valence-corrected chi connectivity index (χ1v) is 21.2. The smallest absolute Gasteiger partial charge is 0.408 e. The highest BCUT2D eigenvalue weighted by atomic mass is 28.4. The first-order chi connectivity index (χ1) is 20.0. The molecule has 0 bridgehead atoms. The summed E-state index contributed by atoms with van der Waals surface area (Å²) in [7, 11) is -4.41. The van der Waals surface area contributed by atoms with Crippen LogP contribution in [0.4, 0.5) is 4.79 Å². The first-order valence-electron chi connectivity index (χ1n) is 15.4. The van der Waals surface area contributed by atoms with E-state index in [0.29, 0.717) is 24.7 Å². The second-order valence-electron chi connectivity index (χ2n) is 15.1. The van der Waals surface area contributed by atoms with E-state index in [1.54, 1.807) is 20.8 Å². The molecular weight excluding hydrogens is 593 g/mol. The Hall–Kier alpha value is -2.53. The molecule has 9 nitrogen and oxygen atoms in total. The second kappa shape index (κ2) is 16.2. The van der Waals surface area contributed by atoms with Gasteiger partial charge in [0.15, 0.2) is 0 Å². The van der Waals surface area contributed by atoms with Gasteiger partial charge in [-0.05, 0) is 74.7 Å². The van der Waals surface area contributed by atoms with Gasteiger partial charge in [0.25, 0.3) is 16.6 Å². The molecule has 1 atom stereocenters. The summed E-state index contributed by atoms with van der Waals surface area (Å²) < 4.78 is 29.7. The van der Waals surface area contributed by atoms with Crippen LogP contribution in [0.1, 0.15) is 67.9 Å². The van der Waals surface area contributed by atoms with Crippen molar-refractivity contribution in [3.8, 4) is 23.8 Å². The van der Waals surface area contributed by atoms with Crippen molar-refractivity contribution in [2.24, 2.45) is 0 Å². The molecule has 44 heavy (non-hydrogen) atoms. The summed E-state index contributed by atoms with van der Waals surface area (Å²) in [6.07, 6.45) is 4.71. The number of alkyl carbamates (subject to hydrolysis) is 1. The average molecular weight is 651 g/mol. The van der Waals surface area contributed by atoms with E-state index < -0.39 is 34.4 Å². The fourth-order valence-electron chi connectivity index (χ4n) is 3.31. The zero-order valence-electron chi connectivity index (χ0n) is 29.5. The molecule has 0 spiro atoms. The summed E-state index contributed by atoms with van der Waals surface area (Å²) in [5, 5.41) is 5.57. The number of ether oxygens (including phenoxy) is 3. The Morgan fingerprint density at radius 1 is 0.841 bits per heavy atom. The highest BCUT2D eigenvalue weighted by Gasteiger charge is 2.42. The van der Waals surface area contributed by atoms with Gasteiger partial charge < -0.3 is 33.7 Å². The van der Waals surface area contributed by atoms with E-state index in [0.717, 1.165) is 5.56 Å². The molecule has 2 amide bonds. The van der Waals surface area contributed by atoms with E-state index in [9.17, 15) is 9.59 Å². The lowest BCUT2D eigenvalue weighted by atomic mass is 10.0. The van der Waals surface area contributed by atoms with E-state index in [2.05, 4.69) is 84.3 Å². The van der Waals surface area contributed by atoms with Crippen molar-refractivity contribution in [2.45, 2.75) is 117 Å². The van der Waals surface area contributed by atoms with Gasteiger partial charge in [-0.3, -0.25) is 4.79 Å². The van der Waals surface area contributed by atoms with Crippen molar-refractivity contribution in [3.05, 3.63) is 23.8 Å². The molecule has 0 heterocycles. The molecule has 11 heteroatoms. The average Bonchev–Trinajstić information content (AvgIpc) is 2.83. The summed E-state index contributed by atoms with van der Waals surface area (Å²) in [5.74, 6) is 3.41. The van der Waals surface area contributed by atoms with Crippen LogP contribution in [0.3, 0.4) is 0 Å². The van der Waals surface area contributed by atoms with Gasteiger partial charge in [0, 0.05) is 13.0 Å². The summed E-state index contributed by atoms with van der Waals surface area (Å²) in [6.45, 7) is 28.8. The Balaban J connectivity index is 3.28. The van der Waals surface area contributed by atoms with Gasteiger partial charge >= 0.3 is 6.09 Å². The fourth-order valence-corrected chi connectivity index (χ4v) is 5.35. The normalized spacial score (nSPS) is 13.5. The highest BCUT2D eigenvalue weighted by molar-refractivity contribution is 6.75. The van der Waals surface area contributed by atoms with Crippen molar-refractivity contribution in [1.29, 1.82) is 0 Å². The minimum absolute atomic E-state index is 0.00114. The van der Waals surface area contributed by atoms with Crippen LogP contribution in [0.5, 0.6) is 11.5 Å². The molecule has 2 N–H and O–H groups in total. The van der Waals surface area contributed by atoms with Crippen LogP contribution < -0.4 is 19.5 Å². The summed E-state index contributed by atoms with van der Waals surface area (Å²) in [5.41, 5.74) is 0.104. The van der Waals surface area contributed by atoms with E-state index in [1.165, 1.54) is 0 Å². The maximum Gasteiger partial charge on any atom is 0.408 e. The van der Waals surface area contributed by atoms with Crippen LogP contribution in [0.2, 0.25) is 36.3 Å². The number of carbonyl (C=O) groups is 2.